The fourth-order valence-corrected chi connectivity index (χ4v) is 2.23. The molecule has 2 nitrogen and oxygen atoms in total. The molecule has 0 saturated heterocycles. The minimum atomic E-state index is 0.765. The summed E-state index contributed by atoms with van der Waals surface area (Å²) in [7, 11) is 4.32. The van der Waals surface area contributed by atoms with Gasteiger partial charge in [-0.2, -0.15) is 0 Å². The van der Waals surface area contributed by atoms with Gasteiger partial charge in [-0.1, -0.05) is 12.2 Å². The first kappa shape index (κ1) is 11.7. The van der Waals surface area contributed by atoms with Crippen LogP contribution in [0.5, 0.6) is 0 Å². The molecule has 1 N–H and O–H groups in total. The lowest BCUT2D eigenvalue weighted by Crippen LogP contribution is -2.39. The van der Waals surface area contributed by atoms with Crippen LogP contribution in [0.3, 0.4) is 0 Å². The fourth-order valence-electron chi connectivity index (χ4n) is 2.23. The summed E-state index contributed by atoms with van der Waals surface area (Å²) < 4.78 is 0. The Balaban J connectivity index is 2.26. The van der Waals surface area contributed by atoms with Gasteiger partial charge in [0.1, 0.15) is 0 Å². The molecule has 0 unspecified atom stereocenters. The van der Waals surface area contributed by atoms with Crippen molar-refractivity contribution < 1.29 is 0 Å². The van der Waals surface area contributed by atoms with E-state index < -0.39 is 0 Å². The fraction of sp³-hybridized carbons (Fsp3) is 0.833. The molecule has 0 spiro atoms. The Morgan fingerprint density at radius 1 is 1.29 bits per heavy atom. The van der Waals surface area contributed by atoms with Crippen LogP contribution in [-0.4, -0.2) is 37.6 Å². The van der Waals surface area contributed by atoms with E-state index in [1.54, 1.807) is 0 Å². The monoisotopic (exact) mass is 196 g/mol. The Labute approximate surface area is 88.4 Å². The molecule has 1 saturated carbocycles. The Morgan fingerprint density at radius 2 is 1.93 bits per heavy atom. The molecule has 0 atom stereocenters. The van der Waals surface area contributed by atoms with E-state index in [1.807, 2.05) is 0 Å². The smallest absolute Gasteiger partial charge is 0.0162 e. The van der Waals surface area contributed by atoms with Gasteiger partial charge in [0, 0.05) is 18.6 Å². The highest BCUT2D eigenvalue weighted by Crippen LogP contribution is 2.21. The van der Waals surface area contributed by atoms with Gasteiger partial charge in [0.05, 0.1) is 0 Å². The maximum atomic E-state index is 3.37. The predicted molar refractivity (Wildman–Crippen MR) is 62.5 cm³/mol. The van der Waals surface area contributed by atoms with Crippen molar-refractivity contribution >= 4 is 0 Å². The second kappa shape index (κ2) is 6.20. The highest BCUT2D eigenvalue weighted by atomic mass is 15.1. The van der Waals surface area contributed by atoms with E-state index in [9.17, 15) is 0 Å². The van der Waals surface area contributed by atoms with Gasteiger partial charge in [-0.15, -0.1) is 0 Å². The molecule has 0 bridgehead atoms. The van der Waals surface area contributed by atoms with Crippen molar-refractivity contribution in [1.82, 2.24) is 10.2 Å². The van der Waals surface area contributed by atoms with Crippen LogP contribution in [0.4, 0.5) is 0 Å². The topological polar surface area (TPSA) is 15.3 Å². The predicted octanol–water partition coefficient (Wildman–Crippen LogP) is 2.02. The summed E-state index contributed by atoms with van der Waals surface area (Å²) in [6, 6.07) is 1.57. The highest BCUT2D eigenvalue weighted by Gasteiger charge is 2.21. The van der Waals surface area contributed by atoms with Crippen LogP contribution in [0, 0.1) is 0 Å². The minimum absolute atomic E-state index is 0.765. The quantitative estimate of drug-likeness (QED) is 0.692. The molecule has 0 aliphatic heterocycles. The molecule has 1 aliphatic rings. The van der Waals surface area contributed by atoms with E-state index in [1.165, 1.54) is 25.7 Å². The van der Waals surface area contributed by atoms with Crippen molar-refractivity contribution in [3.8, 4) is 0 Å². The first-order valence-corrected chi connectivity index (χ1v) is 5.76. The normalized spacial score (nSPS) is 28.9. The Morgan fingerprint density at radius 3 is 2.43 bits per heavy atom. The summed E-state index contributed by atoms with van der Waals surface area (Å²) in [4.78, 5) is 2.48. The van der Waals surface area contributed by atoms with E-state index in [0.717, 1.165) is 18.6 Å². The molecule has 0 radical (unpaired) electrons. The van der Waals surface area contributed by atoms with E-state index in [-0.39, 0.29) is 0 Å². The van der Waals surface area contributed by atoms with E-state index in [4.69, 9.17) is 0 Å². The van der Waals surface area contributed by atoms with Crippen LogP contribution in [0.25, 0.3) is 0 Å². The van der Waals surface area contributed by atoms with Gasteiger partial charge in [0.15, 0.2) is 0 Å². The number of nitrogens with one attached hydrogen (secondary N) is 1. The first-order valence-electron chi connectivity index (χ1n) is 5.76. The Hall–Kier alpha value is -0.340. The standard InChI is InChI=1S/C12H24N2/c1-4-5-10-14(3)12-8-6-11(13-2)7-9-12/h4-5,11-13H,6-10H2,1-3H3. The molecule has 2 heteroatoms. The second-order valence-electron chi connectivity index (χ2n) is 4.30. The maximum absolute atomic E-state index is 3.37. The molecular weight excluding hydrogens is 172 g/mol. The van der Waals surface area contributed by atoms with Crippen LogP contribution in [0.15, 0.2) is 12.2 Å². The van der Waals surface area contributed by atoms with Crippen molar-refractivity contribution in [2.45, 2.75) is 44.7 Å². The number of allylic oxidation sites excluding steroid dienone is 1. The lowest BCUT2D eigenvalue weighted by Gasteiger charge is -2.34. The molecule has 0 aromatic carbocycles. The van der Waals surface area contributed by atoms with E-state index >= 15 is 0 Å². The third kappa shape index (κ3) is 3.43. The third-order valence-corrected chi connectivity index (χ3v) is 3.36. The Bertz CT molecular complexity index is 169. The molecule has 0 aromatic rings. The van der Waals surface area contributed by atoms with Crippen LogP contribution in [-0.2, 0) is 0 Å². The number of rotatable bonds is 4. The van der Waals surface area contributed by atoms with Gasteiger partial charge < -0.3 is 5.32 Å². The molecule has 14 heavy (non-hydrogen) atoms. The van der Waals surface area contributed by atoms with E-state index in [2.05, 4.69) is 43.4 Å². The van der Waals surface area contributed by atoms with Crippen LogP contribution in [0.1, 0.15) is 32.6 Å². The second-order valence-corrected chi connectivity index (χ2v) is 4.30. The molecule has 1 aliphatic carbocycles. The van der Waals surface area contributed by atoms with Crippen molar-refractivity contribution in [3.63, 3.8) is 0 Å². The van der Waals surface area contributed by atoms with Gasteiger partial charge in [-0.3, -0.25) is 4.90 Å². The molecule has 1 rings (SSSR count). The molecule has 1 fully saturated rings. The average Bonchev–Trinajstić information content (AvgIpc) is 2.26. The van der Waals surface area contributed by atoms with Crippen LogP contribution in [0.2, 0.25) is 0 Å². The number of likely N-dealkylation sites (N-methyl/N-ethyl adjacent to an activating group) is 1. The molecular formula is C12H24N2. The lowest BCUT2D eigenvalue weighted by molar-refractivity contribution is 0.191. The van der Waals surface area contributed by atoms with Gasteiger partial charge in [0.2, 0.25) is 0 Å². The summed E-state index contributed by atoms with van der Waals surface area (Å²) in [5.41, 5.74) is 0. The molecule has 82 valence electrons. The van der Waals surface area contributed by atoms with Crippen molar-refractivity contribution in [2.24, 2.45) is 0 Å². The zero-order chi connectivity index (χ0) is 10.4. The summed E-state index contributed by atoms with van der Waals surface area (Å²) in [6.45, 7) is 3.19. The minimum Gasteiger partial charge on any atom is -0.317 e. The van der Waals surface area contributed by atoms with Crippen molar-refractivity contribution in [1.29, 1.82) is 0 Å². The molecule has 0 heterocycles. The number of hydrogen-bond donors (Lipinski definition) is 1. The zero-order valence-corrected chi connectivity index (χ0v) is 9.79. The van der Waals surface area contributed by atoms with Gasteiger partial charge in [-0.05, 0) is 46.7 Å². The summed E-state index contributed by atoms with van der Waals surface area (Å²) in [6.07, 6.45) is 9.74. The van der Waals surface area contributed by atoms with Crippen LogP contribution < -0.4 is 5.32 Å². The van der Waals surface area contributed by atoms with Gasteiger partial charge in [0.25, 0.3) is 0 Å². The van der Waals surface area contributed by atoms with Crippen LogP contribution >= 0.6 is 0 Å². The summed E-state index contributed by atoms with van der Waals surface area (Å²) in [5.74, 6) is 0. The lowest BCUT2D eigenvalue weighted by atomic mass is 9.90. The SMILES string of the molecule is CC=CCN(C)C1CCC(NC)CC1. The van der Waals surface area contributed by atoms with Crippen molar-refractivity contribution in [3.05, 3.63) is 12.2 Å². The number of nitrogens with zero attached hydrogens (tertiary/aromatic N) is 1. The van der Waals surface area contributed by atoms with E-state index in [0.29, 0.717) is 0 Å². The highest BCUT2D eigenvalue weighted by molar-refractivity contribution is 4.86. The van der Waals surface area contributed by atoms with Crippen molar-refractivity contribution in [2.75, 3.05) is 20.6 Å². The van der Waals surface area contributed by atoms with Gasteiger partial charge in [-0.25, -0.2) is 0 Å². The molecule has 0 amide bonds. The summed E-state index contributed by atoms with van der Waals surface area (Å²) in [5, 5.41) is 3.37. The first-order chi connectivity index (χ1) is 6.77. The zero-order valence-electron chi connectivity index (χ0n) is 9.79. The summed E-state index contributed by atoms with van der Waals surface area (Å²) >= 11 is 0. The largest absolute Gasteiger partial charge is 0.317 e. The average molecular weight is 196 g/mol. The maximum Gasteiger partial charge on any atom is 0.0162 e. The van der Waals surface area contributed by atoms with Gasteiger partial charge >= 0.3 is 0 Å². The molecule has 0 aromatic heterocycles. The Kier molecular flexibility index (Phi) is 5.20. The third-order valence-electron chi connectivity index (χ3n) is 3.36. The number of hydrogen-bond acceptors (Lipinski definition) is 2.